The highest BCUT2D eigenvalue weighted by atomic mass is 35.5. The first kappa shape index (κ1) is 13.5. The summed E-state index contributed by atoms with van der Waals surface area (Å²) < 4.78 is 5.90. The molecule has 0 bridgehead atoms. The first-order chi connectivity index (χ1) is 8.69. The molecule has 0 atom stereocenters. The molecule has 0 aliphatic rings. The number of thioether (sulfide) groups is 1. The predicted molar refractivity (Wildman–Crippen MR) is 76.5 cm³/mol. The summed E-state index contributed by atoms with van der Waals surface area (Å²) in [7, 11) is 0. The Bertz CT molecular complexity index is 533. The van der Waals surface area contributed by atoms with Gasteiger partial charge in [0.25, 0.3) is 0 Å². The first-order valence-electron chi connectivity index (χ1n) is 5.32. The van der Waals surface area contributed by atoms with Gasteiger partial charge in [-0.25, -0.2) is 0 Å². The van der Waals surface area contributed by atoms with Crippen molar-refractivity contribution < 1.29 is 4.74 Å². The van der Waals surface area contributed by atoms with Crippen molar-refractivity contribution in [2.45, 2.75) is 17.6 Å². The van der Waals surface area contributed by atoms with Crippen LogP contribution in [0.15, 0.2) is 23.1 Å². The molecule has 0 fully saturated rings. The van der Waals surface area contributed by atoms with E-state index in [4.69, 9.17) is 22.1 Å². The van der Waals surface area contributed by atoms with Gasteiger partial charge in [0.2, 0.25) is 4.47 Å². The van der Waals surface area contributed by atoms with Crippen LogP contribution in [0, 0.1) is 0 Å². The minimum absolute atomic E-state index is 0.460. The third kappa shape index (κ3) is 3.51. The fourth-order valence-electron chi connectivity index (χ4n) is 1.33. The lowest BCUT2D eigenvalue weighted by Crippen LogP contribution is -1.94. The van der Waals surface area contributed by atoms with E-state index >= 15 is 0 Å². The van der Waals surface area contributed by atoms with Gasteiger partial charge in [-0.05, 0) is 36.7 Å². The van der Waals surface area contributed by atoms with Crippen LogP contribution in [0.5, 0.6) is 5.75 Å². The van der Waals surface area contributed by atoms with Crippen molar-refractivity contribution in [3.8, 4) is 5.75 Å². The van der Waals surface area contributed by atoms with E-state index in [1.807, 2.05) is 25.1 Å². The quantitative estimate of drug-likeness (QED) is 0.677. The van der Waals surface area contributed by atoms with Gasteiger partial charge in [-0.2, -0.15) is 0 Å². The van der Waals surface area contributed by atoms with Crippen molar-refractivity contribution in [1.82, 2.24) is 10.2 Å². The highest BCUT2D eigenvalue weighted by molar-refractivity contribution is 7.98. The summed E-state index contributed by atoms with van der Waals surface area (Å²) in [6.07, 6.45) is 0. The highest BCUT2D eigenvalue weighted by Gasteiger charge is 2.06. The van der Waals surface area contributed by atoms with Crippen LogP contribution in [0.4, 0.5) is 5.69 Å². The summed E-state index contributed by atoms with van der Waals surface area (Å²) in [4.78, 5) is 0.979. The molecule has 1 heterocycles. The number of halogens is 1. The number of anilines is 1. The van der Waals surface area contributed by atoms with Crippen LogP contribution in [0.1, 0.15) is 11.9 Å². The average molecular weight is 302 g/mol. The molecule has 0 saturated carbocycles. The van der Waals surface area contributed by atoms with E-state index in [2.05, 4.69) is 10.2 Å². The molecule has 0 unspecified atom stereocenters. The van der Waals surface area contributed by atoms with E-state index in [1.54, 1.807) is 11.8 Å². The zero-order chi connectivity index (χ0) is 13.0. The molecule has 0 aliphatic carbocycles. The number of aromatic nitrogens is 2. The Kier molecular flexibility index (Phi) is 4.68. The smallest absolute Gasteiger partial charge is 0.207 e. The molecular weight excluding hydrogens is 290 g/mol. The zero-order valence-corrected chi connectivity index (χ0v) is 12.1. The fraction of sp³-hybridized carbons (Fsp3) is 0.273. The maximum absolute atomic E-state index is 5.92. The van der Waals surface area contributed by atoms with Crippen molar-refractivity contribution in [3.05, 3.63) is 27.7 Å². The summed E-state index contributed by atoms with van der Waals surface area (Å²) in [6, 6.07) is 5.65. The summed E-state index contributed by atoms with van der Waals surface area (Å²) in [5.74, 6) is 1.52. The van der Waals surface area contributed by atoms with E-state index in [0.717, 1.165) is 21.3 Å². The number of ether oxygens (including phenoxy) is 1. The molecule has 0 spiro atoms. The van der Waals surface area contributed by atoms with Gasteiger partial charge in [-0.3, -0.25) is 0 Å². The van der Waals surface area contributed by atoms with Gasteiger partial charge in [0.15, 0.2) is 0 Å². The van der Waals surface area contributed by atoms with Crippen molar-refractivity contribution in [2.75, 3.05) is 12.3 Å². The molecule has 4 nitrogen and oxygen atoms in total. The Morgan fingerprint density at radius 1 is 1.44 bits per heavy atom. The number of benzene rings is 1. The third-order valence-corrected chi connectivity index (χ3v) is 4.37. The van der Waals surface area contributed by atoms with Crippen molar-refractivity contribution in [3.63, 3.8) is 0 Å². The van der Waals surface area contributed by atoms with Gasteiger partial charge in [-0.1, -0.05) is 11.3 Å². The molecule has 1 aromatic heterocycles. The average Bonchev–Trinajstić information content (AvgIpc) is 2.76. The Labute approximate surface area is 119 Å². The van der Waals surface area contributed by atoms with Gasteiger partial charge < -0.3 is 10.5 Å². The maximum Gasteiger partial charge on any atom is 0.207 e. The van der Waals surface area contributed by atoms with Gasteiger partial charge >= 0.3 is 0 Å². The van der Waals surface area contributed by atoms with E-state index in [0.29, 0.717) is 16.8 Å². The lowest BCUT2D eigenvalue weighted by atomic mass is 10.3. The minimum Gasteiger partial charge on any atom is -0.494 e. The number of nitrogens with two attached hydrogens (primary N) is 1. The summed E-state index contributed by atoms with van der Waals surface area (Å²) in [6.45, 7) is 2.59. The second kappa shape index (κ2) is 6.26. The second-order valence-corrected chi connectivity index (χ2v) is 6.03. The van der Waals surface area contributed by atoms with Crippen molar-refractivity contribution >= 4 is 40.4 Å². The van der Waals surface area contributed by atoms with Gasteiger partial charge in [-0.15, -0.1) is 22.0 Å². The molecule has 0 saturated heterocycles. The van der Waals surface area contributed by atoms with Crippen LogP contribution in [0.3, 0.4) is 0 Å². The Balaban J connectivity index is 2.05. The van der Waals surface area contributed by atoms with E-state index < -0.39 is 0 Å². The first-order valence-corrected chi connectivity index (χ1v) is 7.50. The molecule has 1 aromatic carbocycles. The van der Waals surface area contributed by atoms with E-state index in [1.165, 1.54) is 11.3 Å². The van der Waals surface area contributed by atoms with Crippen LogP contribution in [0.25, 0.3) is 0 Å². The van der Waals surface area contributed by atoms with Gasteiger partial charge in [0.05, 0.1) is 12.4 Å². The number of hydrogen-bond donors (Lipinski definition) is 1. The van der Waals surface area contributed by atoms with Crippen LogP contribution < -0.4 is 10.5 Å². The summed E-state index contributed by atoms with van der Waals surface area (Å²) >= 11 is 8.71. The topological polar surface area (TPSA) is 61.0 Å². The van der Waals surface area contributed by atoms with Crippen molar-refractivity contribution in [2.24, 2.45) is 0 Å². The van der Waals surface area contributed by atoms with Gasteiger partial charge in [0, 0.05) is 10.6 Å². The van der Waals surface area contributed by atoms with E-state index in [9.17, 15) is 0 Å². The second-order valence-electron chi connectivity index (χ2n) is 3.37. The third-order valence-electron chi connectivity index (χ3n) is 2.09. The lowest BCUT2D eigenvalue weighted by molar-refractivity contribution is 0.339. The van der Waals surface area contributed by atoms with Gasteiger partial charge in [0.1, 0.15) is 10.8 Å². The highest BCUT2D eigenvalue weighted by Crippen LogP contribution is 2.32. The largest absolute Gasteiger partial charge is 0.494 e. The SMILES string of the molecule is CCOc1ccc(N)c(SCc2nnc(Cl)s2)c1. The molecule has 2 N–H and O–H groups in total. The normalized spacial score (nSPS) is 10.6. The predicted octanol–water partition coefficient (Wildman–Crippen LogP) is 3.46. The number of nitrogen functional groups attached to an aromatic ring is 1. The Morgan fingerprint density at radius 2 is 2.28 bits per heavy atom. The van der Waals surface area contributed by atoms with Crippen LogP contribution in [-0.2, 0) is 5.75 Å². The fourth-order valence-corrected chi connectivity index (χ4v) is 3.17. The molecule has 2 rings (SSSR count). The standard InChI is InChI=1S/C11H12ClN3OS2/c1-2-16-7-3-4-8(13)9(5-7)17-6-10-14-15-11(12)18-10/h3-5H,2,6,13H2,1H3. The summed E-state index contributed by atoms with van der Waals surface area (Å²) in [5, 5.41) is 8.61. The monoisotopic (exact) mass is 301 g/mol. The lowest BCUT2D eigenvalue weighted by Gasteiger charge is -2.08. The molecule has 7 heteroatoms. The molecule has 0 radical (unpaired) electrons. The van der Waals surface area contributed by atoms with Crippen molar-refractivity contribution in [1.29, 1.82) is 0 Å². The van der Waals surface area contributed by atoms with Crippen LogP contribution in [-0.4, -0.2) is 16.8 Å². The zero-order valence-electron chi connectivity index (χ0n) is 9.72. The molecule has 96 valence electrons. The number of nitrogens with zero attached hydrogens (tertiary/aromatic N) is 2. The molecule has 18 heavy (non-hydrogen) atoms. The number of rotatable bonds is 5. The summed E-state index contributed by atoms with van der Waals surface area (Å²) in [5.41, 5.74) is 6.66. The number of hydrogen-bond acceptors (Lipinski definition) is 6. The van der Waals surface area contributed by atoms with Crippen LogP contribution >= 0.6 is 34.7 Å². The van der Waals surface area contributed by atoms with E-state index in [-0.39, 0.29) is 0 Å². The molecule has 0 aliphatic heterocycles. The Morgan fingerprint density at radius 3 is 2.94 bits per heavy atom. The molecule has 0 amide bonds. The Hall–Kier alpha value is -0.980. The minimum atomic E-state index is 0.460. The maximum atomic E-state index is 5.92. The molecular formula is C11H12ClN3OS2. The van der Waals surface area contributed by atoms with Crippen LogP contribution in [0.2, 0.25) is 4.47 Å². The molecule has 2 aromatic rings.